The Morgan fingerprint density at radius 2 is 0.429 bits per heavy atom. The van der Waals surface area contributed by atoms with Gasteiger partial charge in [0, 0.05) is 110 Å². The zero-order valence-electron chi connectivity index (χ0n) is 77.2. The van der Waals surface area contributed by atoms with Crippen LogP contribution in [0.5, 0.6) is 0 Å². The second-order valence-corrected chi connectivity index (χ2v) is 35.1. The Balaban J connectivity index is 0.000000117. The first kappa shape index (κ1) is 85.7. The average molecular weight is 1790 g/mol. The minimum atomic E-state index is 0.674. The standard InChI is InChI=1S/C46H31N3.C42H30N4.C41H28N4/c1-30-26-44(40-21-11-17-32-14-8-9-20-39(32)40)49-46-38(30)24-22-34-23-25-41(48-45(34)46)35-18-10-19-36(27-35)43-29-37(31-12-4-2-5-13-31)28-42(47-43)33-15-6-3-7-16-33;1-2-28-26-37(29-13-6-3-7-14-29)44-41-35(28)23-21-31-22-24-36(43-40(31)41)33-19-12-20-34(25-33)39-27-38(30-15-8-4-9-16-30)45-42(46-39)32-17-10-5-11-18-32;1-27-24-36(28-12-5-2-6-13-28)43-40-34(27)22-20-31-21-23-35(42-39(31)40)32-18-11-19-33(25-32)41-44-37(29-14-7-3-8-15-29)26-38(45-41)30-16-9-4-10-17-30/h2-29H,1H3;3-27H,2H2,1H3;2-26H,1H3. The van der Waals surface area contributed by atoms with Crippen molar-refractivity contribution in [1.82, 2.24) is 54.8 Å². The third-order valence-electron chi connectivity index (χ3n) is 26.0. The summed E-state index contributed by atoms with van der Waals surface area (Å²) in [6.45, 7) is 6.50. The molecule has 9 heterocycles. The highest BCUT2D eigenvalue weighted by atomic mass is 14.9. The number of nitrogens with zero attached hydrogens (tertiary/aromatic N) is 11. The topological polar surface area (TPSA) is 142 Å². The lowest BCUT2D eigenvalue weighted by molar-refractivity contribution is 1.15. The van der Waals surface area contributed by atoms with Gasteiger partial charge in [0.1, 0.15) is 0 Å². The Bertz CT molecular complexity index is 8790. The quantitative estimate of drug-likeness (QED) is 0.0853. The van der Waals surface area contributed by atoms with Crippen molar-refractivity contribution in [3.05, 3.63) is 490 Å². The number of hydrogen-bond acceptors (Lipinski definition) is 11. The molecule has 0 saturated carbocycles. The van der Waals surface area contributed by atoms with Crippen LogP contribution < -0.4 is 0 Å². The summed E-state index contributed by atoms with van der Waals surface area (Å²) < 4.78 is 0. The molecule has 9 aromatic heterocycles. The van der Waals surface area contributed by atoms with Gasteiger partial charge in [0.25, 0.3) is 0 Å². The summed E-state index contributed by atoms with van der Waals surface area (Å²) in [7, 11) is 0. The number of hydrogen-bond donors (Lipinski definition) is 0. The molecule has 0 spiro atoms. The highest BCUT2D eigenvalue weighted by Crippen LogP contribution is 2.41. The zero-order valence-corrected chi connectivity index (χ0v) is 77.2. The van der Waals surface area contributed by atoms with E-state index < -0.39 is 0 Å². The Hall–Kier alpha value is -18.5. The predicted octanol–water partition coefficient (Wildman–Crippen LogP) is 32.7. The molecular formula is C129H89N11. The molecule has 11 nitrogen and oxygen atoms in total. The van der Waals surface area contributed by atoms with E-state index in [-0.39, 0.29) is 0 Å². The summed E-state index contributed by atoms with van der Waals surface area (Å²) in [5.41, 5.74) is 36.9. The van der Waals surface area contributed by atoms with Gasteiger partial charge in [-0.3, -0.25) is 0 Å². The predicted molar refractivity (Wildman–Crippen MR) is 578 cm³/mol. The molecule has 11 heteroatoms. The summed E-state index contributed by atoms with van der Waals surface area (Å²) in [5.74, 6) is 1.37. The fourth-order valence-electron chi connectivity index (χ4n) is 18.8. The van der Waals surface area contributed by atoms with Gasteiger partial charge >= 0.3 is 0 Å². The van der Waals surface area contributed by atoms with E-state index in [1.54, 1.807) is 0 Å². The van der Waals surface area contributed by atoms with E-state index in [0.29, 0.717) is 11.6 Å². The molecule has 0 N–H and O–H groups in total. The fraction of sp³-hybridized carbons (Fsp3) is 0.0310. The summed E-state index contributed by atoms with van der Waals surface area (Å²) in [4.78, 5) is 56.6. The fourth-order valence-corrected chi connectivity index (χ4v) is 18.8. The van der Waals surface area contributed by atoms with E-state index in [2.05, 4.69) is 385 Å². The summed E-state index contributed by atoms with van der Waals surface area (Å²) in [5, 5.41) is 8.98. The third kappa shape index (κ3) is 17.6. The average Bonchev–Trinajstić information content (AvgIpc) is 0.760. The van der Waals surface area contributed by atoms with Crippen LogP contribution in [0.1, 0.15) is 23.6 Å². The SMILES string of the molecule is CCc1cc(-c2ccccc2)nc2c1ccc1ccc(-c3cccc(-c4cc(-c5ccccc5)nc(-c5ccccc5)n4)c3)nc12.Cc1cc(-c2cccc3ccccc23)nc2c1ccc1ccc(-c3cccc(-c4cc(-c5ccccc5)cc(-c5ccccc5)n4)c3)nc12.Cc1cc(-c2ccccc2)nc2c1ccc1ccc(-c3cccc(-c4nc(-c5ccccc5)cc(-c5ccccc5)n4)c3)nc12. The number of pyridine rings is 7. The van der Waals surface area contributed by atoms with Crippen LogP contribution in [0.3, 0.4) is 0 Å². The van der Waals surface area contributed by atoms with Crippen LogP contribution in [0.4, 0.5) is 0 Å². The largest absolute Gasteiger partial charge is 0.248 e. The summed E-state index contributed by atoms with van der Waals surface area (Å²) in [6.07, 6.45) is 0.918. The van der Waals surface area contributed by atoms with Crippen LogP contribution in [0.15, 0.2) is 473 Å². The van der Waals surface area contributed by atoms with Gasteiger partial charge in [0.15, 0.2) is 11.6 Å². The lowest BCUT2D eigenvalue weighted by atomic mass is 9.98. The van der Waals surface area contributed by atoms with E-state index in [1.807, 2.05) is 109 Å². The van der Waals surface area contributed by atoms with Crippen molar-refractivity contribution in [2.45, 2.75) is 27.2 Å². The van der Waals surface area contributed by atoms with Crippen LogP contribution in [0, 0.1) is 13.8 Å². The zero-order chi connectivity index (χ0) is 93.8. The monoisotopic (exact) mass is 1790 g/mol. The second-order valence-electron chi connectivity index (χ2n) is 35.1. The van der Waals surface area contributed by atoms with Gasteiger partial charge in [-0.25, -0.2) is 54.8 Å². The van der Waals surface area contributed by atoms with Crippen molar-refractivity contribution in [3.63, 3.8) is 0 Å². The lowest BCUT2D eigenvalue weighted by Crippen LogP contribution is -1.96. The molecule has 0 aliphatic carbocycles. The number of aromatic nitrogens is 11. The second kappa shape index (κ2) is 38.1. The smallest absolute Gasteiger partial charge is 0.160 e. The van der Waals surface area contributed by atoms with Crippen LogP contribution in [0.2, 0.25) is 0 Å². The van der Waals surface area contributed by atoms with Gasteiger partial charge in [0.05, 0.1) is 101 Å². The summed E-state index contributed by atoms with van der Waals surface area (Å²) in [6, 6.07) is 164. The molecular weight excluding hydrogens is 1700 g/mol. The van der Waals surface area contributed by atoms with Crippen LogP contribution in [0.25, 0.3) is 245 Å². The molecule has 25 aromatic rings. The van der Waals surface area contributed by atoms with Gasteiger partial charge in [-0.1, -0.05) is 401 Å². The highest BCUT2D eigenvalue weighted by molar-refractivity contribution is 6.09. The number of rotatable bonds is 16. The minimum absolute atomic E-state index is 0.674. The molecule has 0 aliphatic heterocycles. The molecule has 0 saturated heterocycles. The first-order chi connectivity index (χ1) is 69.1. The molecule has 0 amide bonds. The molecule has 0 radical (unpaired) electrons. The third-order valence-corrected chi connectivity index (χ3v) is 26.0. The van der Waals surface area contributed by atoms with Gasteiger partial charge in [0.2, 0.25) is 0 Å². The number of benzene rings is 16. The molecule has 660 valence electrons. The Labute approximate surface area is 811 Å². The van der Waals surface area contributed by atoms with Crippen molar-refractivity contribution in [2.75, 3.05) is 0 Å². The highest BCUT2D eigenvalue weighted by Gasteiger charge is 2.22. The molecule has 0 unspecified atom stereocenters. The van der Waals surface area contributed by atoms with E-state index in [9.17, 15) is 0 Å². The maximum Gasteiger partial charge on any atom is 0.160 e. The first-order valence-corrected chi connectivity index (χ1v) is 47.3. The molecule has 25 rings (SSSR count). The van der Waals surface area contributed by atoms with Crippen molar-refractivity contribution in [2.24, 2.45) is 0 Å². The molecule has 0 aliphatic rings. The van der Waals surface area contributed by atoms with E-state index >= 15 is 0 Å². The van der Waals surface area contributed by atoms with Crippen molar-refractivity contribution in [1.29, 1.82) is 0 Å². The maximum absolute atomic E-state index is 5.29. The normalized spacial score (nSPS) is 11.3. The molecule has 140 heavy (non-hydrogen) atoms. The van der Waals surface area contributed by atoms with Crippen LogP contribution >= 0.6 is 0 Å². The molecule has 0 atom stereocenters. The minimum Gasteiger partial charge on any atom is -0.248 e. The van der Waals surface area contributed by atoms with Gasteiger partial charge < -0.3 is 0 Å². The molecule has 16 aromatic carbocycles. The Morgan fingerprint density at radius 3 is 0.857 bits per heavy atom. The number of aryl methyl sites for hydroxylation is 3. The van der Waals surface area contributed by atoms with Crippen LogP contribution in [-0.2, 0) is 6.42 Å². The van der Waals surface area contributed by atoms with Crippen molar-refractivity contribution >= 4 is 76.2 Å². The molecule has 0 fully saturated rings. The molecule has 0 bridgehead atoms. The van der Waals surface area contributed by atoms with E-state index in [4.69, 9.17) is 54.8 Å². The first-order valence-electron chi connectivity index (χ1n) is 47.3. The van der Waals surface area contributed by atoms with E-state index in [0.717, 1.165) is 229 Å². The van der Waals surface area contributed by atoms with Gasteiger partial charge in [-0.2, -0.15) is 0 Å². The Morgan fingerprint density at radius 1 is 0.150 bits per heavy atom. The lowest BCUT2D eigenvalue weighted by Gasteiger charge is -2.13. The van der Waals surface area contributed by atoms with Crippen LogP contribution in [-0.4, -0.2) is 54.8 Å². The summed E-state index contributed by atoms with van der Waals surface area (Å²) >= 11 is 0. The maximum atomic E-state index is 5.29. The van der Waals surface area contributed by atoms with Gasteiger partial charge in [-0.05, 0) is 138 Å². The van der Waals surface area contributed by atoms with Gasteiger partial charge in [-0.15, -0.1) is 0 Å². The van der Waals surface area contributed by atoms with Crippen molar-refractivity contribution in [3.8, 4) is 169 Å². The Kier molecular flexibility index (Phi) is 23.4. The number of fused-ring (bicyclic) bond motifs is 10. The van der Waals surface area contributed by atoms with Crippen molar-refractivity contribution < 1.29 is 0 Å². The van der Waals surface area contributed by atoms with E-state index in [1.165, 1.54) is 27.5 Å².